The number of carbonyl (C=O) groups excluding carboxylic acids is 1. The first-order valence-corrected chi connectivity index (χ1v) is 5.67. The molecule has 0 spiro atoms. The fourth-order valence-electron chi connectivity index (χ4n) is 1.74. The summed E-state index contributed by atoms with van der Waals surface area (Å²) in [6.07, 6.45) is 2.21. The van der Waals surface area contributed by atoms with Crippen molar-refractivity contribution in [2.24, 2.45) is 0 Å². The Labute approximate surface area is 94.9 Å². The molecule has 2 rings (SSSR count). The molecule has 0 aliphatic heterocycles. The lowest BCUT2D eigenvalue weighted by molar-refractivity contribution is 0.0942. The summed E-state index contributed by atoms with van der Waals surface area (Å²) in [5.74, 6) is -0.0593. The largest absolute Gasteiger partial charge is 0.350 e. The van der Waals surface area contributed by atoms with Crippen LogP contribution in [0.1, 0.15) is 48.5 Å². The number of rotatable bonds is 3. The van der Waals surface area contributed by atoms with Gasteiger partial charge in [-0.25, -0.2) is 4.39 Å². The first kappa shape index (κ1) is 11.1. The minimum absolute atomic E-state index is 0.0696. The number of benzene rings is 1. The van der Waals surface area contributed by atoms with Crippen LogP contribution in [0.3, 0.4) is 0 Å². The molecular weight excluding hydrogens is 205 g/mol. The number of hydrogen-bond donors (Lipinski definition) is 1. The monoisotopic (exact) mass is 221 g/mol. The van der Waals surface area contributed by atoms with Gasteiger partial charge in [0.25, 0.3) is 5.91 Å². The Morgan fingerprint density at radius 3 is 2.62 bits per heavy atom. The van der Waals surface area contributed by atoms with Gasteiger partial charge in [0, 0.05) is 11.6 Å². The number of carbonyl (C=O) groups is 1. The Kier molecular flexibility index (Phi) is 2.95. The van der Waals surface area contributed by atoms with Crippen LogP contribution in [0.5, 0.6) is 0 Å². The highest BCUT2D eigenvalue weighted by Gasteiger charge is 2.25. The Balaban J connectivity index is 2.22. The van der Waals surface area contributed by atoms with E-state index in [9.17, 15) is 9.18 Å². The molecule has 0 unspecified atom stereocenters. The summed E-state index contributed by atoms with van der Waals surface area (Å²) >= 11 is 0. The van der Waals surface area contributed by atoms with E-state index in [1.807, 2.05) is 13.8 Å². The highest BCUT2D eigenvalue weighted by Crippen LogP contribution is 2.40. The maximum Gasteiger partial charge on any atom is 0.251 e. The van der Waals surface area contributed by atoms with E-state index in [2.05, 4.69) is 5.32 Å². The van der Waals surface area contributed by atoms with Crippen molar-refractivity contribution in [3.63, 3.8) is 0 Å². The molecule has 0 bridgehead atoms. The molecular formula is C13H16FNO. The van der Waals surface area contributed by atoms with E-state index in [4.69, 9.17) is 0 Å². The third-order valence-electron chi connectivity index (χ3n) is 2.65. The summed E-state index contributed by atoms with van der Waals surface area (Å²) in [6, 6.07) is 4.70. The molecule has 0 heterocycles. The van der Waals surface area contributed by atoms with Gasteiger partial charge in [-0.05, 0) is 56.4 Å². The molecule has 1 amide bonds. The molecule has 1 fully saturated rings. The SMILES string of the molecule is CC(C)NC(=O)c1cc(F)cc(C2CC2)c1. The lowest BCUT2D eigenvalue weighted by Gasteiger charge is -2.09. The fourth-order valence-corrected chi connectivity index (χ4v) is 1.74. The number of amides is 1. The van der Waals surface area contributed by atoms with Crippen LogP contribution in [0.2, 0.25) is 0 Å². The number of halogens is 1. The van der Waals surface area contributed by atoms with Gasteiger partial charge in [-0.15, -0.1) is 0 Å². The van der Waals surface area contributed by atoms with Crippen molar-refractivity contribution in [3.05, 3.63) is 35.1 Å². The molecule has 1 aliphatic rings. The molecule has 0 saturated heterocycles. The van der Waals surface area contributed by atoms with Crippen molar-refractivity contribution in [2.75, 3.05) is 0 Å². The molecule has 3 heteroatoms. The van der Waals surface area contributed by atoms with E-state index in [0.717, 1.165) is 18.4 Å². The molecule has 16 heavy (non-hydrogen) atoms. The topological polar surface area (TPSA) is 29.1 Å². The zero-order chi connectivity index (χ0) is 11.7. The van der Waals surface area contributed by atoms with Crippen LogP contribution in [0.25, 0.3) is 0 Å². The maximum atomic E-state index is 13.3. The smallest absolute Gasteiger partial charge is 0.251 e. The van der Waals surface area contributed by atoms with Crippen molar-refractivity contribution in [2.45, 2.75) is 38.6 Å². The molecule has 0 radical (unpaired) electrons. The van der Waals surface area contributed by atoms with Gasteiger partial charge in [-0.1, -0.05) is 0 Å². The molecule has 0 aromatic heterocycles. The van der Waals surface area contributed by atoms with Crippen molar-refractivity contribution in [3.8, 4) is 0 Å². The lowest BCUT2D eigenvalue weighted by Crippen LogP contribution is -2.30. The summed E-state index contributed by atoms with van der Waals surface area (Å²) in [7, 11) is 0. The average Bonchev–Trinajstić information content (AvgIpc) is 2.98. The second-order valence-electron chi connectivity index (χ2n) is 4.68. The van der Waals surface area contributed by atoms with E-state index in [0.29, 0.717) is 11.5 Å². The number of nitrogens with one attached hydrogen (secondary N) is 1. The Hall–Kier alpha value is -1.38. The molecule has 1 aromatic rings. The zero-order valence-electron chi connectivity index (χ0n) is 9.59. The van der Waals surface area contributed by atoms with Crippen molar-refractivity contribution >= 4 is 5.91 Å². The molecule has 1 aromatic carbocycles. The highest BCUT2D eigenvalue weighted by atomic mass is 19.1. The van der Waals surface area contributed by atoms with Crippen LogP contribution in [-0.2, 0) is 0 Å². The van der Waals surface area contributed by atoms with Crippen molar-refractivity contribution in [1.29, 1.82) is 0 Å². The van der Waals surface area contributed by atoms with E-state index < -0.39 is 0 Å². The third-order valence-corrected chi connectivity index (χ3v) is 2.65. The van der Waals surface area contributed by atoms with E-state index in [1.54, 1.807) is 6.07 Å². The summed E-state index contributed by atoms with van der Waals surface area (Å²) in [4.78, 5) is 11.7. The van der Waals surface area contributed by atoms with Gasteiger partial charge in [-0.3, -0.25) is 4.79 Å². The van der Waals surface area contributed by atoms with Crippen LogP contribution in [0.4, 0.5) is 4.39 Å². The first-order chi connectivity index (χ1) is 7.56. The summed E-state index contributed by atoms with van der Waals surface area (Å²) in [5.41, 5.74) is 1.38. The van der Waals surface area contributed by atoms with Gasteiger partial charge in [-0.2, -0.15) is 0 Å². The predicted molar refractivity (Wildman–Crippen MR) is 61.0 cm³/mol. The standard InChI is InChI=1S/C13H16FNO/c1-8(2)15-13(16)11-5-10(9-3-4-9)6-12(14)7-11/h5-9H,3-4H2,1-2H3,(H,15,16). The summed E-state index contributed by atoms with van der Waals surface area (Å²) in [5, 5.41) is 2.77. The molecule has 1 aliphatic carbocycles. The highest BCUT2D eigenvalue weighted by molar-refractivity contribution is 5.94. The first-order valence-electron chi connectivity index (χ1n) is 5.67. The quantitative estimate of drug-likeness (QED) is 0.835. The van der Waals surface area contributed by atoms with E-state index in [-0.39, 0.29) is 17.8 Å². The second kappa shape index (κ2) is 4.24. The van der Waals surface area contributed by atoms with Crippen LogP contribution >= 0.6 is 0 Å². The van der Waals surface area contributed by atoms with Crippen LogP contribution in [-0.4, -0.2) is 11.9 Å². The minimum Gasteiger partial charge on any atom is -0.350 e. The van der Waals surface area contributed by atoms with Crippen LogP contribution < -0.4 is 5.32 Å². The molecule has 2 nitrogen and oxygen atoms in total. The Morgan fingerprint density at radius 1 is 1.38 bits per heavy atom. The van der Waals surface area contributed by atoms with E-state index >= 15 is 0 Å². The second-order valence-corrected chi connectivity index (χ2v) is 4.68. The molecule has 86 valence electrons. The van der Waals surface area contributed by atoms with Crippen molar-refractivity contribution < 1.29 is 9.18 Å². The molecule has 1 N–H and O–H groups in total. The Bertz CT molecular complexity index is 410. The Morgan fingerprint density at radius 2 is 2.06 bits per heavy atom. The normalized spacial score (nSPS) is 15.2. The van der Waals surface area contributed by atoms with Crippen LogP contribution in [0.15, 0.2) is 18.2 Å². The summed E-state index contributed by atoms with van der Waals surface area (Å²) < 4.78 is 13.3. The summed E-state index contributed by atoms with van der Waals surface area (Å²) in [6.45, 7) is 3.78. The van der Waals surface area contributed by atoms with Crippen LogP contribution in [0, 0.1) is 5.82 Å². The minimum atomic E-state index is -0.321. The molecule has 1 saturated carbocycles. The molecule has 0 atom stereocenters. The fraction of sp³-hybridized carbons (Fsp3) is 0.462. The lowest BCUT2D eigenvalue weighted by atomic mass is 10.1. The van der Waals surface area contributed by atoms with Gasteiger partial charge in [0.2, 0.25) is 0 Å². The maximum absolute atomic E-state index is 13.3. The predicted octanol–water partition coefficient (Wildman–Crippen LogP) is 2.84. The van der Waals surface area contributed by atoms with Gasteiger partial charge < -0.3 is 5.32 Å². The number of hydrogen-bond acceptors (Lipinski definition) is 1. The van der Waals surface area contributed by atoms with Gasteiger partial charge in [0.05, 0.1) is 0 Å². The average molecular weight is 221 g/mol. The van der Waals surface area contributed by atoms with Crippen molar-refractivity contribution in [1.82, 2.24) is 5.32 Å². The van der Waals surface area contributed by atoms with Gasteiger partial charge in [0.15, 0.2) is 0 Å². The third kappa shape index (κ3) is 2.60. The zero-order valence-corrected chi connectivity index (χ0v) is 9.59. The van der Waals surface area contributed by atoms with Gasteiger partial charge in [0.1, 0.15) is 5.82 Å². The van der Waals surface area contributed by atoms with Gasteiger partial charge >= 0.3 is 0 Å². The van der Waals surface area contributed by atoms with E-state index in [1.165, 1.54) is 12.1 Å².